The topological polar surface area (TPSA) is 96.0 Å². The maximum atomic E-state index is 14.1. The molecule has 3 aromatic rings. The molecule has 41 heavy (non-hydrogen) atoms. The van der Waals surface area contributed by atoms with Crippen molar-refractivity contribution in [1.82, 2.24) is 10.2 Å². The summed E-state index contributed by atoms with van der Waals surface area (Å²) in [5.41, 5.74) is 2.01. The van der Waals surface area contributed by atoms with Crippen molar-refractivity contribution in [2.75, 3.05) is 18.0 Å². The molecule has 0 spiro atoms. The van der Waals surface area contributed by atoms with E-state index in [4.69, 9.17) is 4.74 Å². The average Bonchev–Trinajstić information content (AvgIpc) is 3.48. The summed E-state index contributed by atoms with van der Waals surface area (Å²) in [7, 11) is -2.65. The van der Waals surface area contributed by atoms with Crippen LogP contribution in [0.2, 0.25) is 0 Å². The van der Waals surface area contributed by atoms with Gasteiger partial charge in [0.15, 0.2) is 0 Å². The minimum absolute atomic E-state index is 0.0604. The Kier molecular flexibility index (Phi) is 10.1. The molecule has 10 heteroatoms. The van der Waals surface area contributed by atoms with Crippen LogP contribution in [0.4, 0.5) is 5.69 Å². The number of aryl methyl sites for hydroxylation is 1. The zero-order chi connectivity index (χ0) is 29.6. The summed E-state index contributed by atoms with van der Waals surface area (Å²) >= 11 is 3.43. The van der Waals surface area contributed by atoms with E-state index in [-0.39, 0.29) is 29.1 Å². The van der Waals surface area contributed by atoms with Crippen molar-refractivity contribution >= 4 is 43.5 Å². The molecule has 1 N–H and O–H groups in total. The van der Waals surface area contributed by atoms with E-state index in [1.807, 2.05) is 31.2 Å². The van der Waals surface area contributed by atoms with Crippen molar-refractivity contribution in [2.45, 2.75) is 63.1 Å². The third-order valence-corrected chi connectivity index (χ3v) is 9.68. The Hall–Kier alpha value is -3.37. The number of sulfonamides is 1. The number of ether oxygens (including phenoxy) is 1. The van der Waals surface area contributed by atoms with Gasteiger partial charge in [-0.25, -0.2) is 8.42 Å². The summed E-state index contributed by atoms with van der Waals surface area (Å²) in [6.45, 7) is 3.20. The Balaban J connectivity index is 1.69. The number of halogens is 1. The fourth-order valence-corrected chi connectivity index (χ4v) is 6.56. The Morgan fingerprint density at radius 3 is 2.32 bits per heavy atom. The maximum absolute atomic E-state index is 14.1. The SMILES string of the molecule is COc1cccc(N(CC(=O)N(Cc2ccc(Br)cc2)[C@H](C)C(=O)NC2CCCC2)S(=O)(=O)c2ccc(C)cc2)c1. The molecule has 1 atom stereocenters. The Labute approximate surface area is 250 Å². The lowest BCUT2D eigenvalue weighted by Gasteiger charge is -2.32. The highest BCUT2D eigenvalue weighted by Gasteiger charge is 2.33. The van der Waals surface area contributed by atoms with Gasteiger partial charge < -0.3 is 15.0 Å². The van der Waals surface area contributed by atoms with Crippen LogP contribution in [0.5, 0.6) is 5.75 Å². The highest BCUT2D eigenvalue weighted by atomic mass is 79.9. The van der Waals surface area contributed by atoms with Gasteiger partial charge in [0.1, 0.15) is 18.3 Å². The molecule has 0 aromatic heterocycles. The van der Waals surface area contributed by atoms with E-state index >= 15 is 0 Å². The van der Waals surface area contributed by atoms with Crippen LogP contribution in [0.25, 0.3) is 0 Å². The molecular weight excluding hydrogens is 606 g/mol. The quantitative estimate of drug-likeness (QED) is 0.301. The van der Waals surface area contributed by atoms with Crippen molar-refractivity contribution in [1.29, 1.82) is 0 Å². The molecule has 3 aromatic carbocycles. The van der Waals surface area contributed by atoms with Crippen molar-refractivity contribution in [2.24, 2.45) is 0 Å². The molecule has 1 aliphatic rings. The molecule has 1 fully saturated rings. The number of methoxy groups -OCH3 is 1. The summed E-state index contributed by atoms with van der Waals surface area (Å²) in [5, 5.41) is 3.08. The largest absolute Gasteiger partial charge is 0.497 e. The highest BCUT2D eigenvalue weighted by Crippen LogP contribution is 2.28. The van der Waals surface area contributed by atoms with E-state index in [1.54, 1.807) is 43.3 Å². The maximum Gasteiger partial charge on any atom is 0.264 e. The lowest BCUT2D eigenvalue weighted by Crippen LogP contribution is -2.52. The van der Waals surface area contributed by atoms with Gasteiger partial charge in [-0.3, -0.25) is 13.9 Å². The predicted molar refractivity (Wildman–Crippen MR) is 163 cm³/mol. The zero-order valence-corrected chi connectivity index (χ0v) is 25.9. The second-order valence-electron chi connectivity index (χ2n) is 10.3. The molecule has 0 heterocycles. The zero-order valence-electron chi connectivity index (χ0n) is 23.5. The molecule has 0 aliphatic heterocycles. The summed E-state index contributed by atoms with van der Waals surface area (Å²) in [4.78, 5) is 28.9. The van der Waals surface area contributed by atoms with Crippen molar-refractivity contribution in [3.05, 3.63) is 88.4 Å². The van der Waals surface area contributed by atoms with Gasteiger partial charge in [-0.2, -0.15) is 0 Å². The van der Waals surface area contributed by atoms with Gasteiger partial charge in [0, 0.05) is 23.1 Å². The highest BCUT2D eigenvalue weighted by molar-refractivity contribution is 9.10. The Morgan fingerprint density at radius 2 is 1.68 bits per heavy atom. The molecular formula is C31H36BrN3O5S. The second kappa shape index (κ2) is 13.5. The van der Waals surface area contributed by atoms with Gasteiger partial charge in [-0.1, -0.05) is 64.7 Å². The van der Waals surface area contributed by atoms with Gasteiger partial charge in [0.2, 0.25) is 11.8 Å². The Bertz CT molecular complexity index is 1460. The smallest absolute Gasteiger partial charge is 0.264 e. The predicted octanol–water partition coefficient (Wildman–Crippen LogP) is 5.44. The van der Waals surface area contributed by atoms with Gasteiger partial charge in [-0.15, -0.1) is 0 Å². The number of carbonyl (C=O) groups excluding carboxylic acids is 2. The van der Waals surface area contributed by atoms with Crippen LogP contribution in [0.1, 0.15) is 43.7 Å². The molecule has 1 saturated carbocycles. The fourth-order valence-electron chi connectivity index (χ4n) is 4.89. The molecule has 0 unspecified atom stereocenters. The van der Waals surface area contributed by atoms with Crippen molar-refractivity contribution in [3.63, 3.8) is 0 Å². The molecule has 4 rings (SSSR count). The monoisotopic (exact) mass is 641 g/mol. The van der Waals surface area contributed by atoms with E-state index < -0.39 is 28.5 Å². The first-order valence-corrected chi connectivity index (χ1v) is 15.9. The van der Waals surface area contributed by atoms with Crippen LogP contribution in [-0.2, 0) is 26.2 Å². The normalized spacial score (nSPS) is 14.3. The van der Waals surface area contributed by atoms with E-state index in [0.717, 1.165) is 45.6 Å². The molecule has 1 aliphatic carbocycles. The van der Waals surface area contributed by atoms with E-state index in [9.17, 15) is 18.0 Å². The summed E-state index contributed by atoms with van der Waals surface area (Å²) < 4.78 is 35.2. The number of hydrogen-bond acceptors (Lipinski definition) is 5. The third-order valence-electron chi connectivity index (χ3n) is 7.36. The van der Waals surface area contributed by atoms with Crippen LogP contribution >= 0.6 is 15.9 Å². The number of benzene rings is 3. The minimum Gasteiger partial charge on any atom is -0.497 e. The van der Waals surface area contributed by atoms with Gasteiger partial charge in [0.25, 0.3) is 10.0 Å². The number of amides is 2. The first-order valence-electron chi connectivity index (χ1n) is 13.7. The lowest BCUT2D eigenvalue weighted by atomic mass is 10.1. The van der Waals surface area contributed by atoms with Crippen LogP contribution < -0.4 is 14.4 Å². The van der Waals surface area contributed by atoms with Crippen LogP contribution in [0.3, 0.4) is 0 Å². The van der Waals surface area contributed by atoms with E-state index in [2.05, 4.69) is 21.2 Å². The van der Waals surface area contributed by atoms with Crippen LogP contribution in [0.15, 0.2) is 82.2 Å². The number of carbonyl (C=O) groups is 2. The lowest BCUT2D eigenvalue weighted by molar-refractivity contribution is -0.139. The molecule has 2 amide bonds. The third kappa shape index (κ3) is 7.68. The number of nitrogens with one attached hydrogen (secondary N) is 1. The number of rotatable bonds is 11. The van der Waals surface area contributed by atoms with Crippen molar-refractivity contribution < 1.29 is 22.7 Å². The summed E-state index contributed by atoms with van der Waals surface area (Å²) in [5.74, 6) is -0.299. The van der Waals surface area contributed by atoms with E-state index in [1.165, 1.54) is 24.1 Å². The first-order chi connectivity index (χ1) is 19.6. The van der Waals surface area contributed by atoms with Crippen molar-refractivity contribution in [3.8, 4) is 5.75 Å². The van der Waals surface area contributed by atoms with E-state index in [0.29, 0.717) is 5.75 Å². The van der Waals surface area contributed by atoms with Gasteiger partial charge >= 0.3 is 0 Å². The second-order valence-corrected chi connectivity index (χ2v) is 13.1. The number of nitrogens with zero attached hydrogens (tertiary/aromatic N) is 2. The standard InChI is InChI=1S/C31H36BrN3O5S/c1-22-11-17-29(18-12-22)41(38,39)35(27-9-6-10-28(19-27)40-3)21-30(36)34(20-24-13-15-25(32)16-14-24)23(2)31(37)33-26-7-4-5-8-26/h6,9-19,23,26H,4-5,7-8,20-21H2,1-3H3,(H,33,37)/t23-/m1/s1. The molecule has 0 bridgehead atoms. The Morgan fingerprint density at radius 1 is 1.02 bits per heavy atom. The van der Waals surface area contributed by atoms with Gasteiger partial charge in [0.05, 0.1) is 17.7 Å². The molecule has 0 radical (unpaired) electrons. The van der Waals surface area contributed by atoms with Crippen LogP contribution in [-0.4, -0.2) is 50.9 Å². The minimum atomic E-state index is -4.14. The number of anilines is 1. The molecule has 218 valence electrons. The summed E-state index contributed by atoms with van der Waals surface area (Å²) in [6, 6.07) is 19.8. The number of hydrogen-bond donors (Lipinski definition) is 1. The fraction of sp³-hybridized carbons (Fsp3) is 0.355. The molecule has 0 saturated heterocycles. The average molecular weight is 643 g/mol. The summed E-state index contributed by atoms with van der Waals surface area (Å²) in [6.07, 6.45) is 3.95. The van der Waals surface area contributed by atoms with Crippen LogP contribution in [0, 0.1) is 6.92 Å². The molecule has 8 nitrogen and oxygen atoms in total. The van der Waals surface area contributed by atoms with Gasteiger partial charge in [-0.05, 0) is 68.7 Å². The first kappa shape index (κ1) is 30.6.